The molecule has 0 fully saturated rings. The van der Waals surface area contributed by atoms with Gasteiger partial charge in [-0.1, -0.05) is 6.92 Å². The number of hydrogen-bond donors (Lipinski definition) is 2. The van der Waals surface area contributed by atoms with Gasteiger partial charge in [0.15, 0.2) is 0 Å². The van der Waals surface area contributed by atoms with Crippen LogP contribution < -0.4 is 5.73 Å². The number of thiazole rings is 1. The Bertz CT molecular complexity index is 635. The van der Waals surface area contributed by atoms with E-state index < -0.39 is 0 Å². The van der Waals surface area contributed by atoms with Crippen molar-refractivity contribution < 1.29 is 0 Å². The molecule has 0 aliphatic rings. The molecule has 0 aromatic carbocycles. The van der Waals surface area contributed by atoms with Gasteiger partial charge in [0, 0.05) is 11.6 Å². The van der Waals surface area contributed by atoms with Crippen LogP contribution in [0.25, 0.3) is 22.4 Å². The lowest BCUT2D eigenvalue weighted by atomic mass is 10.3. The average Bonchev–Trinajstić information content (AvgIpc) is 2.91. The molecule has 0 unspecified atom stereocenters. The second kappa shape index (κ2) is 3.85. The zero-order chi connectivity index (χ0) is 11.8. The van der Waals surface area contributed by atoms with Crippen LogP contribution in [0.15, 0.2) is 24.4 Å². The number of nitrogens with two attached hydrogens (primary N) is 1. The van der Waals surface area contributed by atoms with E-state index in [0.29, 0.717) is 0 Å². The summed E-state index contributed by atoms with van der Waals surface area (Å²) in [6.45, 7) is 2.08. The highest BCUT2D eigenvalue weighted by atomic mass is 32.1. The minimum Gasteiger partial charge on any atom is -0.389 e. The average molecular weight is 244 g/mol. The fourth-order valence-electron chi connectivity index (χ4n) is 1.81. The summed E-state index contributed by atoms with van der Waals surface area (Å²) in [4.78, 5) is 12.0. The smallest absolute Gasteiger partial charge is 0.137 e. The minimum absolute atomic E-state index is 0.758. The Morgan fingerprint density at radius 3 is 3.06 bits per heavy atom. The number of aryl methyl sites for hydroxylation is 1. The van der Waals surface area contributed by atoms with Crippen LogP contribution in [-0.2, 0) is 6.42 Å². The molecule has 0 aliphatic carbocycles. The Labute approximate surface area is 103 Å². The Hall–Kier alpha value is -1.88. The van der Waals surface area contributed by atoms with Gasteiger partial charge in [-0.25, -0.2) is 9.97 Å². The third kappa shape index (κ3) is 1.68. The van der Waals surface area contributed by atoms with E-state index in [1.165, 1.54) is 0 Å². The highest BCUT2D eigenvalue weighted by molar-refractivity contribution is 7.16. The largest absolute Gasteiger partial charge is 0.389 e. The summed E-state index contributed by atoms with van der Waals surface area (Å²) in [5, 5.41) is 2.89. The van der Waals surface area contributed by atoms with Gasteiger partial charge < -0.3 is 10.7 Å². The van der Waals surface area contributed by atoms with E-state index in [1.54, 1.807) is 17.5 Å². The normalized spacial score (nSPS) is 11.1. The van der Waals surface area contributed by atoms with Gasteiger partial charge in [0.05, 0.1) is 10.7 Å². The number of aromatic nitrogens is 3. The monoisotopic (exact) mass is 244 g/mol. The molecule has 0 aliphatic heterocycles. The Balaban J connectivity index is 2.16. The molecule has 4 nitrogen and oxygen atoms in total. The van der Waals surface area contributed by atoms with Crippen LogP contribution in [0.1, 0.15) is 11.9 Å². The van der Waals surface area contributed by atoms with Crippen molar-refractivity contribution in [3.63, 3.8) is 0 Å². The summed E-state index contributed by atoms with van der Waals surface area (Å²) < 4.78 is 0. The molecule has 0 radical (unpaired) electrons. The minimum atomic E-state index is 0.758. The van der Waals surface area contributed by atoms with E-state index in [2.05, 4.69) is 21.9 Å². The first-order chi connectivity index (χ1) is 8.28. The van der Waals surface area contributed by atoms with E-state index in [0.717, 1.165) is 38.9 Å². The topological polar surface area (TPSA) is 67.6 Å². The highest BCUT2D eigenvalue weighted by Crippen LogP contribution is 2.31. The van der Waals surface area contributed by atoms with Gasteiger partial charge in [-0.3, -0.25) is 0 Å². The quantitative estimate of drug-likeness (QED) is 0.728. The molecular formula is C12H12N4S. The lowest BCUT2D eigenvalue weighted by molar-refractivity contribution is 1.09. The van der Waals surface area contributed by atoms with Gasteiger partial charge in [0.1, 0.15) is 16.3 Å². The van der Waals surface area contributed by atoms with E-state index in [1.807, 2.05) is 18.2 Å². The van der Waals surface area contributed by atoms with Crippen molar-refractivity contribution >= 4 is 27.4 Å². The van der Waals surface area contributed by atoms with Gasteiger partial charge in [-0.2, -0.15) is 0 Å². The van der Waals surface area contributed by atoms with Crippen molar-refractivity contribution in [3.05, 3.63) is 29.4 Å². The number of hydrogen-bond acceptors (Lipinski definition) is 4. The lowest BCUT2D eigenvalue weighted by Crippen LogP contribution is -1.86. The van der Waals surface area contributed by atoms with Crippen LogP contribution in [0.3, 0.4) is 0 Å². The van der Waals surface area contributed by atoms with Crippen LogP contribution in [0.5, 0.6) is 0 Å². The third-order valence-corrected chi connectivity index (χ3v) is 3.68. The van der Waals surface area contributed by atoms with Crippen molar-refractivity contribution in [1.82, 2.24) is 15.0 Å². The maximum atomic E-state index is 5.99. The summed E-state index contributed by atoms with van der Waals surface area (Å²) in [7, 11) is 0. The number of pyridine rings is 1. The number of H-pyrrole nitrogens is 1. The number of nitrogens with one attached hydrogen (secondary N) is 1. The number of nitrogens with zero attached hydrogens (tertiary/aromatic N) is 2. The first kappa shape index (κ1) is 10.3. The number of anilines is 1. The van der Waals surface area contributed by atoms with Crippen LogP contribution in [0.4, 0.5) is 5.00 Å². The zero-order valence-electron chi connectivity index (χ0n) is 9.40. The number of fused-ring (bicyclic) bond motifs is 1. The number of rotatable bonds is 2. The molecule has 0 spiro atoms. The van der Waals surface area contributed by atoms with Crippen LogP contribution in [0.2, 0.25) is 0 Å². The van der Waals surface area contributed by atoms with Gasteiger partial charge in [-0.05, 0) is 24.6 Å². The van der Waals surface area contributed by atoms with Crippen molar-refractivity contribution in [1.29, 1.82) is 0 Å². The summed E-state index contributed by atoms with van der Waals surface area (Å²) >= 11 is 1.55. The zero-order valence-corrected chi connectivity index (χ0v) is 10.2. The molecule has 0 atom stereocenters. The second-order valence-corrected chi connectivity index (χ2v) is 4.91. The maximum Gasteiger partial charge on any atom is 0.137 e. The van der Waals surface area contributed by atoms with Gasteiger partial charge in [0.25, 0.3) is 0 Å². The van der Waals surface area contributed by atoms with Crippen LogP contribution in [0, 0.1) is 0 Å². The fourth-order valence-corrected chi connectivity index (χ4v) is 2.59. The fraction of sp³-hybridized carbons (Fsp3) is 0.167. The molecular weight excluding hydrogens is 232 g/mol. The molecule has 0 amide bonds. The van der Waals surface area contributed by atoms with Crippen LogP contribution >= 0.6 is 11.3 Å². The van der Waals surface area contributed by atoms with E-state index in [4.69, 9.17) is 5.73 Å². The number of aromatic amines is 1. The summed E-state index contributed by atoms with van der Waals surface area (Å²) in [6.07, 6.45) is 2.68. The molecule has 3 heterocycles. The molecule has 0 saturated heterocycles. The number of nitrogen functional groups attached to an aromatic ring is 1. The van der Waals surface area contributed by atoms with Gasteiger partial charge in [-0.15, -0.1) is 11.3 Å². The van der Waals surface area contributed by atoms with E-state index in [-0.39, 0.29) is 0 Å². The van der Waals surface area contributed by atoms with Gasteiger partial charge >= 0.3 is 0 Å². The molecule has 3 aromatic heterocycles. The van der Waals surface area contributed by atoms with Gasteiger partial charge in [0.2, 0.25) is 0 Å². The maximum absolute atomic E-state index is 5.99. The van der Waals surface area contributed by atoms with Crippen molar-refractivity contribution in [2.24, 2.45) is 0 Å². The summed E-state index contributed by atoms with van der Waals surface area (Å²) in [5.74, 6) is 0. The Kier molecular flexibility index (Phi) is 2.33. The summed E-state index contributed by atoms with van der Waals surface area (Å²) in [5.41, 5.74) is 8.63. The third-order valence-electron chi connectivity index (χ3n) is 2.65. The molecule has 3 rings (SSSR count). The second-order valence-electron chi connectivity index (χ2n) is 3.80. The molecule has 3 N–H and O–H groups in total. The first-order valence-corrected chi connectivity index (χ1v) is 6.29. The Morgan fingerprint density at radius 2 is 2.35 bits per heavy atom. The SMILES string of the molecule is CCc1nc(-c2cc3cccnc3[nH]2)c(N)s1. The van der Waals surface area contributed by atoms with Crippen molar-refractivity contribution in [3.8, 4) is 11.4 Å². The first-order valence-electron chi connectivity index (χ1n) is 5.47. The van der Waals surface area contributed by atoms with Crippen molar-refractivity contribution in [2.45, 2.75) is 13.3 Å². The molecule has 5 heteroatoms. The predicted molar refractivity (Wildman–Crippen MR) is 71.0 cm³/mol. The van der Waals surface area contributed by atoms with E-state index >= 15 is 0 Å². The van der Waals surface area contributed by atoms with E-state index in [9.17, 15) is 0 Å². The molecule has 86 valence electrons. The Morgan fingerprint density at radius 1 is 1.47 bits per heavy atom. The molecule has 0 saturated carbocycles. The molecule has 17 heavy (non-hydrogen) atoms. The highest BCUT2D eigenvalue weighted by Gasteiger charge is 2.12. The molecule has 3 aromatic rings. The lowest BCUT2D eigenvalue weighted by Gasteiger charge is -1.92. The molecule has 0 bridgehead atoms. The van der Waals surface area contributed by atoms with Crippen LogP contribution in [-0.4, -0.2) is 15.0 Å². The predicted octanol–water partition coefficient (Wildman–Crippen LogP) is 2.83. The van der Waals surface area contributed by atoms with Crippen molar-refractivity contribution in [2.75, 3.05) is 5.73 Å². The summed E-state index contributed by atoms with van der Waals surface area (Å²) in [6, 6.07) is 5.97. The standard InChI is InChI=1S/C12H12N4S/c1-2-9-16-10(11(13)17-9)8-6-7-4-3-5-14-12(7)15-8/h3-6H,2,13H2,1H3,(H,14,15).